The second-order valence-corrected chi connectivity index (χ2v) is 11.3. The molecule has 2 aromatic carbocycles. The molecule has 1 N–H and O–H groups in total. The third kappa shape index (κ3) is 5.47. The predicted molar refractivity (Wildman–Crippen MR) is 162 cm³/mol. The van der Waals surface area contributed by atoms with Crippen LogP contribution in [0.25, 0.3) is 11.0 Å². The van der Waals surface area contributed by atoms with E-state index < -0.39 is 11.7 Å². The molecule has 4 bridgehead atoms. The first-order valence-electron chi connectivity index (χ1n) is 14.0. The van der Waals surface area contributed by atoms with Crippen LogP contribution in [0.1, 0.15) is 26.3 Å². The largest absolute Gasteiger partial charge is 0.491 e. The minimum Gasteiger partial charge on any atom is -0.491 e. The smallest absolute Gasteiger partial charge is 0.414 e. The zero-order valence-electron chi connectivity index (χ0n) is 24.2. The minimum absolute atomic E-state index is 0.209. The molecule has 0 radical (unpaired) electrons. The molecule has 11 heteroatoms. The van der Waals surface area contributed by atoms with E-state index in [0.29, 0.717) is 67.9 Å². The van der Waals surface area contributed by atoms with Crippen molar-refractivity contribution in [1.82, 2.24) is 14.5 Å². The standard InChI is InChI=1S/C31H34N6O5/c1-20-7-5-10-24-26(20)36(30(39)42-31(2,3)4)12-11-35(24)25-17-21-19-32-29-33-22-8-6-9-23(18-22)41-16-15-40-14-13-37(28(25)38)27(21)34-29/h5-10,17-19H,11-16H2,1-4H3,(H,32,33,34). The molecule has 4 heterocycles. The van der Waals surface area contributed by atoms with Gasteiger partial charge in [0.1, 0.15) is 29.3 Å². The van der Waals surface area contributed by atoms with Gasteiger partial charge in [-0.05, 0) is 57.5 Å². The minimum atomic E-state index is -0.632. The number of amides is 1. The summed E-state index contributed by atoms with van der Waals surface area (Å²) in [6.07, 6.45) is 1.30. The lowest BCUT2D eigenvalue weighted by Gasteiger charge is -2.39. The van der Waals surface area contributed by atoms with E-state index in [0.717, 1.165) is 22.6 Å². The third-order valence-electron chi connectivity index (χ3n) is 7.08. The second-order valence-electron chi connectivity index (χ2n) is 11.3. The number of benzene rings is 2. The number of hydrogen-bond acceptors (Lipinski definition) is 9. The van der Waals surface area contributed by atoms with Crippen LogP contribution in [-0.4, -0.2) is 59.1 Å². The summed E-state index contributed by atoms with van der Waals surface area (Å²) in [5.74, 6) is 1.08. The molecular formula is C31H34N6O5. The second kappa shape index (κ2) is 11.0. The fourth-order valence-corrected chi connectivity index (χ4v) is 5.27. The lowest BCUT2D eigenvalue weighted by Crippen LogP contribution is -2.46. The number of ether oxygens (including phenoxy) is 3. The maximum absolute atomic E-state index is 14.2. The molecule has 0 atom stereocenters. The Labute approximate surface area is 243 Å². The quantitative estimate of drug-likeness (QED) is 0.332. The van der Waals surface area contributed by atoms with Crippen molar-refractivity contribution in [3.63, 3.8) is 0 Å². The Kier molecular flexibility index (Phi) is 7.19. The lowest BCUT2D eigenvalue weighted by atomic mass is 10.1. The van der Waals surface area contributed by atoms with Gasteiger partial charge in [-0.2, -0.15) is 4.98 Å². The number of anilines is 5. The highest BCUT2D eigenvalue weighted by Crippen LogP contribution is 2.40. The van der Waals surface area contributed by atoms with E-state index in [1.54, 1.807) is 15.7 Å². The van der Waals surface area contributed by atoms with Crippen molar-refractivity contribution in [1.29, 1.82) is 0 Å². The van der Waals surface area contributed by atoms with Crippen LogP contribution >= 0.6 is 0 Å². The number of carbonyl (C=O) groups excluding carboxylic acids is 1. The molecule has 11 nitrogen and oxygen atoms in total. The average Bonchev–Trinajstić information content (AvgIpc) is 2.94. The summed E-state index contributed by atoms with van der Waals surface area (Å²) in [5, 5.41) is 3.93. The van der Waals surface area contributed by atoms with Crippen molar-refractivity contribution in [3.8, 4) is 5.75 Å². The predicted octanol–water partition coefficient (Wildman–Crippen LogP) is 5.15. The molecule has 2 aliphatic rings. The molecule has 0 spiro atoms. The van der Waals surface area contributed by atoms with E-state index in [1.807, 2.05) is 81.1 Å². The fraction of sp³-hybridized carbons (Fsp3) is 0.355. The monoisotopic (exact) mass is 570 g/mol. The fourth-order valence-electron chi connectivity index (χ4n) is 5.27. The van der Waals surface area contributed by atoms with Gasteiger partial charge in [0.2, 0.25) is 5.95 Å². The Bertz CT molecular complexity index is 1710. The summed E-state index contributed by atoms with van der Waals surface area (Å²) in [4.78, 5) is 40.2. The molecule has 4 aromatic rings. The molecule has 0 aliphatic carbocycles. The third-order valence-corrected chi connectivity index (χ3v) is 7.08. The molecule has 218 valence electrons. The lowest BCUT2D eigenvalue weighted by molar-refractivity contribution is 0.0580. The van der Waals surface area contributed by atoms with Crippen molar-refractivity contribution in [2.75, 3.05) is 48.0 Å². The zero-order valence-corrected chi connectivity index (χ0v) is 24.2. The van der Waals surface area contributed by atoms with Gasteiger partial charge >= 0.3 is 6.09 Å². The summed E-state index contributed by atoms with van der Waals surface area (Å²) in [6, 6.07) is 15.2. The van der Waals surface area contributed by atoms with Crippen LogP contribution in [0.2, 0.25) is 0 Å². The summed E-state index contributed by atoms with van der Waals surface area (Å²) in [6.45, 7) is 9.61. The van der Waals surface area contributed by atoms with E-state index in [2.05, 4.69) is 10.3 Å². The summed E-state index contributed by atoms with van der Waals surface area (Å²) in [5.41, 5.74) is 3.29. The van der Waals surface area contributed by atoms with Crippen LogP contribution in [0, 0.1) is 6.92 Å². The Morgan fingerprint density at radius 3 is 2.67 bits per heavy atom. The van der Waals surface area contributed by atoms with Crippen LogP contribution in [0.5, 0.6) is 5.75 Å². The van der Waals surface area contributed by atoms with Gasteiger partial charge in [0.05, 0.1) is 31.1 Å². The highest BCUT2D eigenvalue weighted by atomic mass is 16.6. The van der Waals surface area contributed by atoms with Gasteiger partial charge in [0, 0.05) is 36.4 Å². The molecule has 0 saturated carbocycles. The number of nitrogens with one attached hydrogen (secondary N) is 1. The first-order chi connectivity index (χ1) is 20.2. The molecule has 42 heavy (non-hydrogen) atoms. The van der Waals surface area contributed by atoms with Gasteiger partial charge in [-0.3, -0.25) is 14.3 Å². The number of para-hydroxylation sites is 1. The normalized spacial score (nSPS) is 15.4. The maximum atomic E-state index is 14.2. The number of fused-ring (bicyclic) bond motifs is 4. The molecule has 2 aliphatic heterocycles. The van der Waals surface area contributed by atoms with Crippen LogP contribution in [0.15, 0.2) is 59.5 Å². The van der Waals surface area contributed by atoms with Crippen molar-refractivity contribution in [2.45, 2.75) is 39.8 Å². The number of hydrogen-bond donors (Lipinski definition) is 1. The number of aromatic nitrogens is 3. The van der Waals surface area contributed by atoms with Crippen molar-refractivity contribution in [3.05, 3.63) is 70.6 Å². The van der Waals surface area contributed by atoms with Gasteiger partial charge in [0.15, 0.2) is 0 Å². The number of carbonyl (C=O) groups is 1. The average molecular weight is 571 g/mol. The molecule has 0 unspecified atom stereocenters. The molecule has 0 saturated heterocycles. The number of nitrogens with zero attached hydrogens (tertiary/aromatic N) is 5. The van der Waals surface area contributed by atoms with Crippen LogP contribution in [-0.2, 0) is 16.0 Å². The molecule has 1 amide bonds. The first kappa shape index (κ1) is 27.5. The molecule has 0 fully saturated rings. The van der Waals surface area contributed by atoms with Crippen LogP contribution in [0.3, 0.4) is 0 Å². The Morgan fingerprint density at radius 2 is 1.83 bits per heavy atom. The Hall–Kier alpha value is -4.64. The summed E-state index contributed by atoms with van der Waals surface area (Å²) in [7, 11) is 0. The van der Waals surface area contributed by atoms with Crippen molar-refractivity contribution in [2.24, 2.45) is 0 Å². The van der Waals surface area contributed by atoms with Gasteiger partial charge < -0.3 is 24.4 Å². The highest BCUT2D eigenvalue weighted by Gasteiger charge is 2.33. The molecule has 2 aromatic heterocycles. The van der Waals surface area contributed by atoms with E-state index in [4.69, 9.17) is 19.2 Å². The van der Waals surface area contributed by atoms with E-state index in [9.17, 15) is 9.59 Å². The number of rotatable bonds is 1. The Morgan fingerprint density at radius 1 is 1.00 bits per heavy atom. The van der Waals surface area contributed by atoms with Gasteiger partial charge in [-0.25, -0.2) is 9.78 Å². The number of aryl methyl sites for hydroxylation is 1. The molecular weight excluding hydrogens is 536 g/mol. The van der Waals surface area contributed by atoms with Gasteiger partial charge in [0.25, 0.3) is 5.56 Å². The molecule has 6 rings (SSSR count). The van der Waals surface area contributed by atoms with E-state index in [-0.39, 0.29) is 5.56 Å². The number of pyridine rings is 1. The van der Waals surface area contributed by atoms with Gasteiger partial charge in [-0.1, -0.05) is 18.2 Å². The summed E-state index contributed by atoms with van der Waals surface area (Å²) >= 11 is 0. The summed E-state index contributed by atoms with van der Waals surface area (Å²) < 4.78 is 19.0. The van der Waals surface area contributed by atoms with E-state index >= 15 is 0 Å². The first-order valence-corrected chi connectivity index (χ1v) is 14.0. The van der Waals surface area contributed by atoms with Crippen molar-refractivity contribution < 1.29 is 19.0 Å². The maximum Gasteiger partial charge on any atom is 0.414 e. The zero-order chi connectivity index (χ0) is 29.4. The Balaban J connectivity index is 1.44. The van der Waals surface area contributed by atoms with Gasteiger partial charge in [-0.15, -0.1) is 0 Å². The van der Waals surface area contributed by atoms with Crippen LogP contribution in [0.4, 0.5) is 33.5 Å². The van der Waals surface area contributed by atoms with Crippen molar-refractivity contribution >= 4 is 45.8 Å². The highest BCUT2D eigenvalue weighted by molar-refractivity contribution is 5.97. The topological polar surface area (TPSA) is 111 Å². The van der Waals surface area contributed by atoms with Crippen LogP contribution < -0.4 is 25.4 Å². The van der Waals surface area contributed by atoms with E-state index in [1.165, 1.54) is 0 Å². The SMILES string of the molecule is Cc1cccc2c1N(C(=O)OC(C)(C)C)CCN2c1cc2cnc3nc2n(c1=O)CCOCCOc1cccc(c1)N3.